The number of ether oxygens (including phenoxy) is 1. The lowest BCUT2D eigenvalue weighted by molar-refractivity contribution is 0.0222. The van der Waals surface area contributed by atoms with E-state index in [0.29, 0.717) is 18.1 Å². The van der Waals surface area contributed by atoms with E-state index in [-0.39, 0.29) is 23.6 Å². The van der Waals surface area contributed by atoms with Gasteiger partial charge in [-0.2, -0.15) is 0 Å². The SMILES string of the molecule is CC(C)(C)OC(=O)N1CC[C@]2(C1)C[C@H](NC(=O)NCc1ccc(Cl)cc1)C2. The Morgan fingerprint density at radius 3 is 2.56 bits per heavy atom. The number of amides is 3. The third kappa shape index (κ3) is 5.28. The summed E-state index contributed by atoms with van der Waals surface area (Å²) in [5.74, 6) is 0. The number of carbonyl (C=O) groups excluding carboxylic acids is 2. The van der Waals surface area contributed by atoms with Crippen LogP contribution in [0.5, 0.6) is 0 Å². The Hall–Kier alpha value is -1.95. The van der Waals surface area contributed by atoms with Crippen molar-refractivity contribution in [3.63, 3.8) is 0 Å². The minimum atomic E-state index is -0.473. The molecule has 1 heterocycles. The first-order valence-electron chi connectivity index (χ1n) is 9.41. The summed E-state index contributed by atoms with van der Waals surface area (Å²) >= 11 is 5.86. The van der Waals surface area contributed by atoms with E-state index in [1.54, 1.807) is 4.90 Å². The Morgan fingerprint density at radius 1 is 1.26 bits per heavy atom. The highest BCUT2D eigenvalue weighted by Crippen LogP contribution is 2.48. The third-order valence-corrected chi connectivity index (χ3v) is 5.40. The fourth-order valence-electron chi connectivity index (χ4n) is 3.86. The summed E-state index contributed by atoms with van der Waals surface area (Å²) in [6.45, 7) is 7.54. The lowest BCUT2D eigenvalue weighted by atomic mass is 9.65. The van der Waals surface area contributed by atoms with Crippen LogP contribution in [-0.2, 0) is 11.3 Å². The first-order valence-corrected chi connectivity index (χ1v) is 9.79. The molecule has 0 bridgehead atoms. The number of likely N-dealkylation sites (tertiary alicyclic amines) is 1. The average Bonchev–Trinajstić information content (AvgIpc) is 2.98. The van der Waals surface area contributed by atoms with Gasteiger partial charge in [-0.1, -0.05) is 23.7 Å². The van der Waals surface area contributed by atoms with Gasteiger partial charge in [-0.3, -0.25) is 0 Å². The second kappa shape index (κ2) is 7.58. The summed E-state index contributed by atoms with van der Waals surface area (Å²) in [7, 11) is 0. The van der Waals surface area contributed by atoms with Gasteiger partial charge in [0.05, 0.1) is 0 Å². The normalized spacial score (nSPS) is 24.4. The van der Waals surface area contributed by atoms with E-state index in [2.05, 4.69) is 10.6 Å². The van der Waals surface area contributed by atoms with Gasteiger partial charge in [0, 0.05) is 30.7 Å². The lowest BCUT2D eigenvalue weighted by Crippen LogP contribution is -2.54. The molecule has 1 aromatic carbocycles. The van der Waals surface area contributed by atoms with Crippen molar-refractivity contribution in [2.75, 3.05) is 13.1 Å². The molecule has 1 spiro atoms. The number of halogens is 1. The molecule has 0 aromatic heterocycles. The van der Waals surface area contributed by atoms with E-state index in [1.807, 2.05) is 45.0 Å². The molecule has 3 amide bonds. The summed E-state index contributed by atoms with van der Waals surface area (Å²) in [6, 6.07) is 7.40. The number of hydrogen-bond acceptors (Lipinski definition) is 3. The van der Waals surface area contributed by atoms with Crippen LogP contribution in [0.1, 0.15) is 45.6 Å². The van der Waals surface area contributed by atoms with Crippen molar-refractivity contribution < 1.29 is 14.3 Å². The Labute approximate surface area is 165 Å². The Bertz CT molecular complexity index is 693. The van der Waals surface area contributed by atoms with Crippen LogP contribution in [0.15, 0.2) is 24.3 Å². The first kappa shape index (κ1) is 19.8. The molecular weight excluding hydrogens is 366 g/mol. The van der Waals surface area contributed by atoms with E-state index in [4.69, 9.17) is 16.3 Å². The Kier molecular flexibility index (Phi) is 5.56. The quantitative estimate of drug-likeness (QED) is 0.817. The van der Waals surface area contributed by atoms with Crippen LogP contribution in [0.25, 0.3) is 0 Å². The van der Waals surface area contributed by atoms with Gasteiger partial charge in [-0.25, -0.2) is 9.59 Å². The number of nitrogens with one attached hydrogen (secondary N) is 2. The summed E-state index contributed by atoms with van der Waals surface area (Å²) in [5.41, 5.74) is 0.660. The minimum absolute atomic E-state index is 0.130. The van der Waals surface area contributed by atoms with E-state index >= 15 is 0 Å². The molecule has 0 radical (unpaired) electrons. The van der Waals surface area contributed by atoms with E-state index in [1.165, 1.54) is 0 Å². The van der Waals surface area contributed by atoms with Gasteiger partial charge < -0.3 is 20.3 Å². The maximum atomic E-state index is 12.2. The zero-order chi connectivity index (χ0) is 19.7. The molecule has 1 aliphatic carbocycles. The molecule has 2 N–H and O–H groups in total. The minimum Gasteiger partial charge on any atom is -0.444 e. The zero-order valence-electron chi connectivity index (χ0n) is 16.2. The standard InChI is InChI=1S/C20H28ClN3O3/c1-19(2,3)27-18(26)24-9-8-20(13-24)10-16(11-20)23-17(25)22-12-14-4-6-15(21)7-5-14/h4-7,16H,8-13H2,1-3H3,(H2,22,23,25)/t16-,20-. The lowest BCUT2D eigenvalue weighted by Gasteiger charge is -2.45. The van der Waals surface area contributed by atoms with Crippen molar-refractivity contribution in [3.05, 3.63) is 34.9 Å². The Balaban J connectivity index is 1.38. The molecule has 0 atom stereocenters. The molecule has 2 aliphatic rings. The van der Waals surface area contributed by atoms with Crippen LogP contribution < -0.4 is 10.6 Å². The number of nitrogens with zero attached hydrogens (tertiary/aromatic N) is 1. The molecule has 0 unspecified atom stereocenters. The van der Waals surface area contributed by atoms with Gasteiger partial charge in [0.25, 0.3) is 0 Å². The summed E-state index contributed by atoms with van der Waals surface area (Å²) in [6.07, 6.45) is 2.54. The second-order valence-corrected chi connectivity index (χ2v) is 9.15. The van der Waals surface area contributed by atoms with Crippen LogP contribution in [0.3, 0.4) is 0 Å². The van der Waals surface area contributed by atoms with E-state index in [9.17, 15) is 9.59 Å². The largest absolute Gasteiger partial charge is 0.444 e. The molecule has 3 rings (SSSR count). The van der Waals surface area contributed by atoms with Gasteiger partial charge in [0.1, 0.15) is 5.60 Å². The maximum Gasteiger partial charge on any atom is 0.410 e. The second-order valence-electron chi connectivity index (χ2n) is 8.71. The van der Waals surface area contributed by atoms with Crippen molar-refractivity contribution in [1.29, 1.82) is 0 Å². The first-order chi connectivity index (χ1) is 12.6. The van der Waals surface area contributed by atoms with Gasteiger partial charge >= 0.3 is 12.1 Å². The monoisotopic (exact) mass is 393 g/mol. The molecule has 2 fully saturated rings. The van der Waals surface area contributed by atoms with Crippen LogP contribution in [0, 0.1) is 5.41 Å². The van der Waals surface area contributed by atoms with Crippen molar-refractivity contribution in [3.8, 4) is 0 Å². The van der Waals surface area contributed by atoms with Gasteiger partial charge in [0.2, 0.25) is 0 Å². The molecule has 27 heavy (non-hydrogen) atoms. The smallest absolute Gasteiger partial charge is 0.410 e. The molecule has 7 heteroatoms. The predicted octanol–water partition coefficient (Wildman–Crippen LogP) is 3.93. The Morgan fingerprint density at radius 2 is 1.93 bits per heavy atom. The summed E-state index contributed by atoms with van der Waals surface area (Å²) in [5, 5.41) is 6.57. The van der Waals surface area contributed by atoms with Gasteiger partial charge in [-0.15, -0.1) is 0 Å². The van der Waals surface area contributed by atoms with Crippen molar-refractivity contribution in [2.24, 2.45) is 5.41 Å². The highest BCUT2D eigenvalue weighted by Gasteiger charge is 2.50. The number of benzene rings is 1. The molecule has 1 saturated heterocycles. The van der Waals surface area contributed by atoms with Gasteiger partial charge in [-0.05, 0) is 63.1 Å². The number of carbonyl (C=O) groups is 2. The highest BCUT2D eigenvalue weighted by molar-refractivity contribution is 6.30. The van der Waals surface area contributed by atoms with E-state index < -0.39 is 5.60 Å². The van der Waals surface area contributed by atoms with Crippen molar-refractivity contribution in [2.45, 2.75) is 58.2 Å². The van der Waals surface area contributed by atoms with Crippen LogP contribution in [0.4, 0.5) is 9.59 Å². The maximum absolute atomic E-state index is 12.2. The fraction of sp³-hybridized carbons (Fsp3) is 0.600. The van der Waals surface area contributed by atoms with Crippen LogP contribution in [-0.4, -0.2) is 41.8 Å². The number of urea groups is 1. The van der Waals surface area contributed by atoms with Crippen molar-refractivity contribution in [1.82, 2.24) is 15.5 Å². The summed E-state index contributed by atoms with van der Waals surface area (Å²) < 4.78 is 5.46. The van der Waals surface area contributed by atoms with Crippen LogP contribution >= 0.6 is 11.6 Å². The molecule has 6 nitrogen and oxygen atoms in total. The van der Waals surface area contributed by atoms with E-state index in [0.717, 1.165) is 31.4 Å². The number of hydrogen-bond donors (Lipinski definition) is 2. The molecule has 148 valence electrons. The average molecular weight is 394 g/mol. The zero-order valence-corrected chi connectivity index (χ0v) is 16.9. The molecule has 1 aromatic rings. The predicted molar refractivity (Wildman–Crippen MR) is 105 cm³/mol. The topological polar surface area (TPSA) is 70.7 Å². The highest BCUT2D eigenvalue weighted by atomic mass is 35.5. The number of rotatable bonds is 3. The van der Waals surface area contributed by atoms with Crippen molar-refractivity contribution >= 4 is 23.7 Å². The van der Waals surface area contributed by atoms with Gasteiger partial charge in [0.15, 0.2) is 0 Å². The third-order valence-electron chi connectivity index (χ3n) is 5.15. The van der Waals surface area contributed by atoms with Crippen LogP contribution in [0.2, 0.25) is 5.02 Å². The fourth-order valence-corrected chi connectivity index (χ4v) is 3.99. The summed E-state index contributed by atoms with van der Waals surface area (Å²) in [4.78, 5) is 26.1. The molecule has 1 aliphatic heterocycles. The molecular formula is C20H28ClN3O3. The molecule has 1 saturated carbocycles.